The van der Waals surface area contributed by atoms with Crippen molar-refractivity contribution < 1.29 is 4.79 Å². The number of nitrogens with zero attached hydrogens (tertiary/aromatic N) is 4. The molecule has 1 aliphatic rings. The quantitative estimate of drug-likeness (QED) is 0.773. The Balaban J connectivity index is 1.41. The van der Waals surface area contributed by atoms with Crippen LogP contribution in [0, 0.1) is 12.8 Å². The number of hydrogen-bond acceptors (Lipinski definition) is 6. The number of piperidine rings is 1. The molecule has 1 amide bonds. The number of aryl methyl sites for hydroxylation is 1. The Morgan fingerprint density at radius 1 is 1.50 bits per heavy atom. The van der Waals surface area contributed by atoms with E-state index in [0.29, 0.717) is 23.4 Å². The Bertz CT molecular complexity index is 662. The highest BCUT2D eigenvalue weighted by atomic mass is 32.2. The van der Waals surface area contributed by atoms with Crippen LogP contribution >= 0.6 is 11.8 Å². The lowest BCUT2D eigenvalue weighted by molar-refractivity contribution is -0.118. The molecule has 0 aromatic carbocycles. The predicted octanol–water partition coefficient (Wildman–Crippen LogP) is 1.63. The third kappa shape index (κ3) is 4.70. The Morgan fingerprint density at radius 3 is 3.17 bits per heavy atom. The second kappa shape index (κ2) is 8.14. The molecule has 1 aliphatic heterocycles. The summed E-state index contributed by atoms with van der Waals surface area (Å²) >= 11 is 1.35. The molecule has 2 aromatic rings. The van der Waals surface area contributed by atoms with Crippen LogP contribution in [0.15, 0.2) is 29.6 Å². The van der Waals surface area contributed by atoms with Crippen LogP contribution in [0.4, 0.5) is 5.82 Å². The van der Waals surface area contributed by atoms with E-state index in [1.165, 1.54) is 11.8 Å². The molecule has 0 radical (unpaired) electrons. The van der Waals surface area contributed by atoms with Crippen molar-refractivity contribution in [2.45, 2.75) is 24.9 Å². The van der Waals surface area contributed by atoms with Crippen molar-refractivity contribution >= 4 is 23.5 Å². The van der Waals surface area contributed by atoms with E-state index >= 15 is 0 Å². The molecule has 0 bridgehead atoms. The SMILES string of the molecule is Cc1nc(SCC(=O)NC[C@@H]2CCCN(c3ccccn3)C2)n[nH]1. The summed E-state index contributed by atoms with van der Waals surface area (Å²) in [5, 5.41) is 10.4. The van der Waals surface area contributed by atoms with E-state index in [2.05, 4.69) is 30.4 Å². The summed E-state index contributed by atoms with van der Waals surface area (Å²) in [5.74, 6) is 2.60. The second-order valence-corrected chi connectivity index (χ2v) is 6.88. The minimum Gasteiger partial charge on any atom is -0.356 e. The van der Waals surface area contributed by atoms with Crippen LogP contribution in [-0.4, -0.2) is 51.5 Å². The second-order valence-electron chi connectivity index (χ2n) is 5.94. The summed E-state index contributed by atoms with van der Waals surface area (Å²) in [5.41, 5.74) is 0. The van der Waals surface area contributed by atoms with Gasteiger partial charge in [0.15, 0.2) is 0 Å². The van der Waals surface area contributed by atoms with E-state index in [0.717, 1.165) is 37.6 Å². The molecule has 0 spiro atoms. The van der Waals surface area contributed by atoms with Gasteiger partial charge in [0, 0.05) is 25.8 Å². The fourth-order valence-corrected chi connectivity index (χ4v) is 3.48. The van der Waals surface area contributed by atoms with Crippen molar-refractivity contribution in [2.75, 3.05) is 30.3 Å². The molecule has 1 fully saturated rings. The number of hydrogen-bond donors (Lipinski definition) is 2. The minimum atomic E-state index is 0.0254. The van der Waals surface area contributed by atoms with Crippen LogP contribution in [0.3, 0.4) is 0 Å². The van der Waals surface area contributed by atoms with Crippen LogP contribution in [0.5, 0.6) is 0 Å². The largest absolute Gasteiger partial charge is 0.356 e. The number of carbonyl (C=O) groups excluding carboxylic acids is 1. The molecule has 0 aliphatic carbocycles. The van der Waals surface area contributed by atoms with Crippen molar-refractivity contribution in [3.63, 3.8) is 0 Å². The van der Waals surface area contributed by atoms with Gasteiger partial charge in [0.05, 0.1) is 5.75 Å². The molecule has 0 saturated carbocycles. The Labute approximate surface area is 145 Å². The summed E-state index contributed by atoms with van der Waals surface area (Å²) in [7, 11) is 0. The van der Waals surface area contributed by atoms with E-state index in [4.69, 9.17) is 0 Å². The summed E-state index contributed by atoms with van der Waals surface area (Å²) in [6, 6.07) is 5.98. The van der Waals surface area contributed by atoms with Crippen molar-refractivity contribution in [3.05, 3.63) is 30.2 Å². The average molecular weight is 346 g/mol. The average Bonchev–Trinajstić information content (AvgIpc) is 3.04. The number of carbonyl (C=O) groups is 1. The highest BCUT2D eigenvalue weighted by molar-refractivity contribution is 7.99. The topological polar surface area (TPSA) is 86.8 Å². The Kier molecular flexibility index (Phi) is 5.68. The fourth-order valence-electron chi connectivity index (χ4n) is 2.81. The zero-order valence-electron chi connectivity index (χ0n) is 13.7. The Morgan fingerprint density at radius 2 is 2.42 bits per heavy atom. The molecule has 1 atom stereocenters. The highest BCUT2D eigenvalue weighted by Crippen LogP contribution is 2.20. The molecule has 3 heterocycles. The van der Waals surface area contributed by atoms with Crippen LogP contribution in [0.1, 0.15) is 18.7 Å². The maximum Gasteiger partial charge on any atom is 0.230 e. The van der Waals surface area contributed by atoms with Crippen molar-refractivity contribution in [3.8, 4) is 0 Å². The summed E-state index contributed by atoms with van der Waals surface area (Å²) in [4.78, 5) is 22.9. The van der Waals surface area contributed by atoms with Gasteiger partial charge in [-0.1, -0.05) is 17.8 Å². The number of thioether (sulfide) groups is 1. The monoisotopic (exact) mass is 346 g/mol. The van der Waals surface area contributed by atoms with Crippen LogP contribution in [0.2, 0.25) is 0 Å². The molecule has 7 nitrogen and oxygen atoms in total. The molecule has 2 N–H and O–H groups in total. The van der Waals surface area contributed by atoms with Gasteiger partial charge < -0.3 is 10.2 Å². The molecule has 8 heteroatoms. The lowest BCUT2D eigenvalue weighted by Gasteiger charge is -2.33. The summed E-state index contributed by atoms with van der Waals surface area (Å²) in [6.45, 7) is 4.51. The van der Waals surface area contributed by atoms with Gasteiger partial charge in [-0.15, -0.1) is 5.10 Å². The predicted molar refractivity (Wildman–Crippen MR) is 94.0 cm³/mol. The number of H-pyrrole nitrogens is 1. The van der Waals surface area contributed by atoms with Gasteiger partial charge in [-0.05, 0) is 37.8 Å². The van der Waals surface area contributed by atoms with Gasteiger partial charge in [-0.3, -0.25) is 9.89 Å². The zero-order chi connectivity index (χ0) is 16.8. The molecule has 1 saturated heterocycles. The maximum absolute atomic E-state index is 12.0. The summed E-state index contributed by atoms with van der Waals surface area (Å²) in [6.07, 6.45) is 4.09. The fraction of sp³-hybridized carbons (Fsp3) is 0.500. The van der Waals surface area contributed by atoms with Gasteiger partial charge in [0.1, 0.15) is 11.6 Å². The van der Waals surface area contributed by atoms with E-state index < -0.39 is 0 Å². The van der Waals surface area contributed by atoms with E-state index in [1.54, 1.807) is 0 Å². The normalized spacial score (nSPS) is 17.7. The number of aromatic amines is 1. The molecule has 24 heavy (non-hydrogen) atoms. The van der Waals surface area contributed by atoms with Crippen LogP contribution < -0.4 is 10.2 Å². The van der Waals surface area contributed by atoms with Crippen molar-refractivity contribution in [1.29, 1.82) is 0 Å². The number of anilines is 1. The number of amides is 1. The molecule has 2 aromatic heterocycles. The number of pyridine rings is 1. The van der Waals surface area contributed by atoms with Gasteiger partial charge >= 0.3 is 0 Å². The molecular formula is C16H22N6OS. The van der Waals surface area contributed by atoms with E-state index in [1.807, 2.05) is 31.3 Å². The van der Waals surface area contributed by atoms with Crippen molar-refractivity contribution in [2.24, 2.45) is 5.92 Å². The first-order chi connectivity index (χ1) is 11.7. The minimum absolute atomic E-state index is 0.0254. The standard InChI is InChI=1S/C16H22N6OS/c1-12-19-16(21-20-12)24-11-15(23)18-9-13-5-4-8-22(10-13)14-6-2-3-7-17-14/h2-3,6-7,13H,4-5,8-11H2,1H3,(H,18,23)(H,19,20,21)/t13-/m0/s1. The zero-order valence-corrected chi connectivity index (χ0v) is 14.6. The highest BCUT2D eigenvalue weighted by Gasteiger charge is 2.21. The van der Waals surface area contributed by atoms with E-state index in [-0.39, 0.29) is 5.91 Å². The third-order valence-electron chi connectivity index (χ3n) is 3.99. The van der Waals surface area contributed by atoms with Gasteiger partial charge in [-0.2, -0.15) is 0 Å². The number of rotatable bonds is 6. The van der Waals surface area contributed by atoms with Crippen LogP contribution in [-0.2, 0) is 4.79 Å². The van der Waals surface area contributed by atoms with Crippen molar-refractivity contribution in [1.82, 2.24) is 25.5 Å². The first-order valence-corrected chi connectivity index (χ1v) is 9.14. The first kappa shape index (κ1) is 16.8. The summed E-state index contributed by atoms with van der Waals surface area (Å²) < 4.78 is 0. The van der Waals surface area contributed by atoms with E-state index in [9.17, 15) is 4.79 Å². The van der Waals surface area contributed by atoms with Crippen LogP contribution in [0.25, 0.3) is 0 Å². The lowest BCUT2D eigenvalue weighted by atomic mass is 9.98. The number of aromatic nitrogens is 4. The molecular weight excluding hydrogens is 324 g/mol. The third-order valence-corrected chi connectivity index (χ3v) is 4.84. The number of nitrogens with one attached hydrogen (secondary N) is 2. The maximum atomic E-state index is 12.0. The smallest absolute Gasteiger partial charge is 0.230 e. The molecule has 3 rings (SSSR count). The Hall–Kier alpha value is -2.09. The van der Waals surface area contributed by atoms with Gasteiger partial charge in [0.25, 0.3) is 0 Å². The first-order valence-electron chi connectivity index (χ1n) is 8.15. The molecule has 0 unspecified atom stereocenters. The van der Waals surface area contributed by atoms with Gasteiger partial charge in [0.2, 0.25) is 11.1 Å². The van der Waals surface area contributed by atoms with Gasteiger partial charge in [-0.25, -0.2) is 9.97 Å². The lowest BCUT2D eigenvalue weighted by Crippen LogP contribution is -2.41. The molecule has 128 valence electrons.